The van der Waals surface area contributed by atoms with Crippen molar-refractivity contribution >= 4 is 18.1 Å². The van der Waals surface area contributed by atoms with Gasteiger partial charge >= 0.3 is 12.0 Å². The van der Waals surface area contributed by atoms with Crippen molar-refractivity contribution in [3.63, 3.8) is 0 Å². The minimum absolute atomic E-state index is 0.290. The Morgan fingerprint density at radius 1 is 1.33 bits per heavy atom. The highest BCUT2D eigenvalue weighted by atomic mass is 16.5. The summed E-state index contributed by atoms with van der Waals surface area (Å²) in [5, 5.41) is 5.30. The van der Waals surface area contributed by atoms with Gasteiger partial charge in [0, 0.05) is 5.70 Å². The van der Waals surface area contributed by atoms with E-state index in [1.54, 1.807) is 19.9 Å². The van der Waals surface area contributed by atoms with E-state index in [0.29, 0.717) is 17.9 Å². The summed E-state index contributed by atoms with van der Waals surface area (Å²) in [6.45, 7) is 3.73. The Hall–Kier alpha value is -2.56. The summed E-state index contributed by atoms with van der Waals surface area (Å²) < 4.78 is 5.05. The fourth-order valence-corrected chi connectivity index (χ4v) is 2.13. The van der Waals surface area contributed by atoms with E-state index in [9.17, 15) is 9.59 Å². The maximum absolute atomic E-state index is 12.0. The molecular weight excluding hydrogens is 268 g/mol. The zero-order chi connectivity index (χ0) is 15.2. The van der Waals surface area contributed by atoms with E-state index in [-0.39, 0.29) is 6.03 Å². The van der Waals surface area contributed by atoms with E-state index >= 15 is 0 Å². The van der Waals surface area contributed by atoms with Crippen molar-refractivity contribution in [2.75, 3.05) is 6.61 Å². The van der Waals surface area contributed by atoms with E-state index < -0.39 is 12.0 Å². The molecular formula is C16H18N2O3. The largest absolute Gasteiger partial charge is 0.463 e. The van der Waals surface area contributed by atoms with Crippen molar-refractivity contribution in [1.82, 2.24) is 10.6 Å². The molecule has 1 aliphatic rings. The van der Waals surface area contributed by atoms with Crippen molar-refractivity contribution < 1.29 is 14.3 Å². The summed E-state index contributed by atoms with van der Waals surface area (Å²) in [4.78, 5) is 23.6. The van der Waals surface area contributed by atoms with Crippen LogP contribution in [0.15, 0.2) is 47.7 Å². The number of benzene rings is 1. The molecule has 110 valence electrons. The van der Waals surface area contributed by atoms with Crippen LogP contribution in [-0.2, 0) is 9.53 Å². The molecule has 0 saturated carbocycles. The van der Waals surface area contributed by atoms with Gasteiger partial charge < -0.3 is 15.4 Å². The highest BCUT2D eigenvalue weighted by molar-refractivity contribution is 5.95. The lowest BCUT2D eigenvalue weighted by Crippen LogP contribution is -2.49. The topological polar surface area (TPSA) is 67.4 Å². The smallest absolute Gasteiger partial charge is 0.338 e. The first kappa shape index (κ1) is 14.8. The van der Waals surface area contributed by atoms with Crippen LogP contribution in [0.5, 0.6) is 0 Å². The van der Waals surface area contributed by atoms with Crippen LogP contribution in [0, 0.1) is 0 Å². The molecule has 1 aromatic rings. The number of carbonyl (C=O) groups excluding carboxylic acids is 2. The highest BCUT2D eigenvalue weighted by Gasteiger charge is 2.28. The van der Waals surface area contributed by atoms with Gasteiger partial charge in [-0.05, 0) is 19.4 Å². The fraction of sp³-hybridized carbons (Fsp3) is 0.250. The van der Waals surface area contributed by atoms with Gasteiger partial charge in [-0.25, -0.2) is 9.59 Å². The van der Waals surface area contributed by atoms with Crippen molar-refractivity contribution in [1.29, 1.82) is 0 Å². The number of allylic oxidation sites excluding steroid dienone is 1. The molecule has 0 aromatic heterocycles. The summed E-state index contributed by atoms with van der Waals surface area (Å²) in [6.07, 6.45) is 3.65. The molecule has 0 unspecified atom stereocenters. The van der Waals surface area contributed by atoms with Gasteiger partial charge in [0.05, 0.1) is 18.2 Å². The first-order valence-corrected chi connectivity index (χ1v) is 6.80. The molecule has 5 nitrogen and oxygen atoms in total. The van der Waals surface area contributed by atoms with Gasteiger partial charge in [-0.1, -0.05) is 42.5 Å². The molecule has 0 saturated heterocycles. The summed E-state index contributed by atoms with van der Waals surface area (Å²) in [5.74, 6) is -0.426. The van der Waals surface area contributed by atoms with Crippen molar-refractivity contribution in [2.24, 2.45) is 0 Å². The van der Waals surface area contributed by atoms with Crippen LogP contribution in [0.2, 0.25) is 0 Å². The molecule has 0 radical (unpaired) electrons. The minimum atomic E-state index is -0.502. The average molecular weight is 286 g/mol. The van der Waals surface area contributed by atoms with Crippen molar-refractivity contribution in [2.45, 2.75) is 19.9 Å². The molecule has 21 heavy (non-hydrogen) atoms. The molecule has 2 N–H and O–H groups in total. The number of ether oxygens (including phenoxy) is 1. The number of nitrogens with one attached hydrogen (secondary N) is 2. The minimum Gasteiger partial charge on any atom is -0.463 e. The van der Waals surface area contributed by atoms with Crippen LogP contribution in [0.25, 0.3) is 6.08 Å². The molecule has 5 heteroatoms. The molecule has 2 amide bonds. The highest BCUT2D eigenvalue weighted by Crippen LogP contribution is 2.16. The van der Waals surface area contributed by atoms with Crippen LogP contribution in [0.4, 0.5) is 4.79 Å². The second kappa shape index (κ2) is 6.74. The quantitative estimate of drug-likeness (QED) is 0.834. The second-order valence-electron chi connectivity index (χ2n) is 4.61. The Kier molecular flexibility index (Phi) is 4.77. The molecule has 2 rings (SSSR count). The van der Waals surface area contributed by atoms with E-state index in [2.05, 4.69) is 10.6 Å². The standard InChI is InChI=1S/C16H18N2O3/c1-3-21-15(19)14-11(2)17-16(20)18-13(14)10-9-12-7-5-4-6-8-12/h4-10,13H,3H2,1-2H3,(H2,17,18,20)/t13-/m1/s1. The number of urea groups is 1. The molecule has 1 atom stereocenters. The number of carbonyl (C=O) groups is 2. The van der Waals surface area contributed by atoms with Crippen molar-refractivity contribution in [3.05, 3.63) is 53.2 Å². The SMILES string of the molecule is CCOC(=O)C1=C(C)NC(=O)N[C@@H]1C=Cc1ccccc1. The predicted octanol–water partition coefficient (Wildman–Crippen LogP) is 2.22. The maximum atomic E-state index is 12.0. The lowest BCUT2D eigenvalue weighted by atomic mass is 10.0. The van der Waals surface area contributed by atoms with Crippen LogP contribution < -0.4 is 10.6 Å². The van der Waals surface area contributed by atoms with Gasteiger partial charge in [0.2, 0.25) is 0 Å². The molecule has 0 fully saturated rings. The Morgan fingerprint density at radius 2 is 2.05 bits per heavy atom. The first-order valence-electron chi connectivity index (χ1n) is 6.80. The van der Waals surface area contributed by atoms with Gasteiger partial charge in [0.1, 0.15) is 0 Å². The maximum Gasteiger partial charge on any atom is 0.338 e. The zero-order valence-electron chi connectivity index (χ0n) is 12.1. The van der Waals surface area contributed by atoms with Gasteiger partial charge in [-0.2, -0.15) is 0 Å². The molecule has 1 aromatic carbocycles. The van der Waals surface area contributed by atoms with Gasteiger partial charge in [-0.3, -0.25) is 0 Å². The Balaban J connectivity index is 2.26. The monoisotopic (exact) mass is 286 g/mol. The van der Waals surface area contributed by atoms with Crippen LogP contribution in [0.3, 0.4) is 0 Å². The molecule has 0 bridgehead atoms. The molecule has 1 aliphatic heterocycles. The third-order valence-electron chi connectivity index (χ3n) is 3.08. The summed E-state index contributed by atoms with van der Waals surface area (Å²) >= 11 is 0. The predicted molar refractivity (Wildman–Crippen MR) is 80.3 cm³/mol. The van der Waals surface area contributed by atoms with Crippen LogP contribution in [-0.4, -0.2) is 24.6 Å². The number of rotatable bonds is 4. The average Bonchev–Trinajstić information content (AvgIpc) is 2.45. The summed E-state index contributed by atoms with van der Waals surface area (Å²) in [7, 11) is 0. The first-order chi connectivity index (χ1) is 10.1. The summed E-state index contributed by atoms with van der Waals surface area (Å²) in [6, 6.07) is 8.83. The zero-order valence-corrected chi connectivity index (χ0v) is 12.1. The third-order valence-corrected chi connectivity index (χ3v) is 3.08. The fourth-order valence-electron chi connectivity index (χ4n) is 2.13. The lowest BCUT2D eigenvalue weighted by molar-refractivity contribution is -0.138. The Morgan fingerprint density at radius 3 is 2.71 bits per heavy atom. The van der Waals surface area contributed by atoms with E-state index in [1.807, 2.05) is 36.4 Å². The van der Waals surface area contributed by atoms with Gasteiger partial charge in [-0.15, -0.1) is 0 Å². The molecule has 0 aliphatic carbocycles. The molecule has 1 heterocycles. The number of hydrogen-bond donors (Lipinski definition) is 2. The summed E-state index contributed by atoms with van der Waals surface area (Å²) in [5.41, 5.74) is 1.93. The van der Waals surface area contributed by atoms with Crippen molar-refractivity contribution in [3.8, 4) is 0 Å². The van der Waals surface area contributed by atoms with Crippen LogP contribution in [0.1, 0.15) is 19.4 Å². The second-order valence-corrected chi connectivity index (χ2v) is 4.61. The number of esters is 1. The van der Waals surface area contributed by atoms with E-state index in [4.69, 9.17) is 4.74 Å². The lowest BCUT2D eigenvalue weighted by Gasteiger charge is -2.25. The Labute approximate surface area is 123 Å². The van der Waals surface area contributed by atoms with Gasteiger partial charge in [0.25, 0.3) is 0 Å². The third kappa shape index (κ3) is 3.72. The number of amides is 2. The normalized spacial score (nSPS) is 18.4. The van der Waals surface area contributed by atoms with E-state index in [0.717, 1.165) is 5.56 Å². The molecule has 0 spiro atoms. The van der Waals surface area contributed by atoms with E-state index in [1.165, 1.54) is 0 Å². The van der Waals surface area contributed by atoms with Crippen LogP contribution >= 0.6 is 0 Å². The Bertz CT molecular complexity index is 591. The number of hydrogen-bond acceptors (Lipinski definition) is 3. The van der Waals surface area contributed by atoms with Gasteiger partial charge in [0.15, 0.2) is 0 Å².